The number of amides is 1. The van der Waals surface area contributed by atoms with Crippen LogP contribution < -0.4 is 20.1 Å². The van der Waals surface area contributed by atoms with Gasteiger partial charge in [-0.1, -0.05) is 54.1 Å². The molecule has 2 N–H and O–H groups in total. The van der Waals surface area contributed by atoms with E-state index in [4.69, 9.17) is 26.1 Å². The summed E-state index contributed by atoms with van der Waals surface area (Å²) in [6, 6.07) is 24.4. The molecule has 1 aliphatic heterocycles. The van der Waals surface area contributed by atoms with Crippen LogP contribution in [0.3, 0.4) is 0 Å². The molecule has 0 spiro atoms. The summed E-state index contributed by atoms with van der Waals surface area (Å²) in [6.45, 7) is 0.689. The van der Waals surface area contributed by atoms with Gasteiger partial charge in [0.15, 0.2) is 17.1 Å². The van der Waals surface area contributed by atoms with Crippen LogP contribution in [0.2, 0.25) is 5.02 Å². The van der Waals surface area contributed by atoms with Gasteiger partial charge in [0.2, 0.25) is 6.10 Å². The van der Waals surface area contributed by atoms with E-state index in [9.17, 15) is 4.79 Å². The highest BCUT2D eigenvalue weighted by Gasteiger charge is 2.27. The summed E-state index contributed by atoms with van der Waals surface area (Å²) in [4.78, 5) is 17.5. The number of para-hydroxylation sites is 2. The first-order valence-corrected chi connectivity index (χ1v) is 13.0. The van der Waals surface area contributed by atoms with Crippen molar-refractivity contribution in [1.82, 2.24) is 14.6 Å². The van der Waals surface area contributed by atoms with Crippen molar-refractivity contribution in [3.8, 4) is 22.8 Å². The molecule has 1 unspecified atom stereocenters. The van der Waals surface area contributed by atoms with E-state index in [1.165, 1.54) is 0 Å². The van der Waals surface area contributed by atoms with E-state index in [2.05, 4.69) is 31.7 Å². The summed E-state index contributed by atoms with van der Waals surface area (Å²) in [7, 11) is 0. The third-order valence-corrected chi connectivity index (χ3v) is 6.96. The lowest BCUT2D eigenvalue weighted by atomic mass is 10.1. The molecule has 8 nitrogen and oxygen atoms in total. The van der Waals surface area contributed by atoms with Gasteiger partial charge >= 0.3 is 0 Å². The van der Waals surface area contributed by atoms with Gasteiger partial charge in [0.05, 0.1) is 16.4 Å². The average Bonchev–Trinajstić information content (AvgIpc) is 3.33. The van der Waals surface area contributed by atoms with Crippen molar-refractivity contribution in [2.75, 3.05) is 17.2 Å². The van der Waals surface area contributed by atoms with Crippen LogP contribution in [0, 0.1) is 0 Å². The number of fused-ring (bicyclic) bond motifs is 2. The highest BCUT2D eigenvalue weighted by molar-refractivity contribution is 9.10. The number of carbonyl (C=O) groups is 1. The SMILES string of the molecule is O=C(Nc1ccc(CNc2cc(-c3ccccc3Cl)nc3c(Br)cnn23)cc1)C1COc2ccccc2O1. The fourth-order valence-electron chi connectivity index (χ4n) is 4.14. The summed E-state index contributed by atoms with van der Waals surface area (Å²) in [6.07, 6.45) is 0.988. The van der Waals surface area contributed by atoms with E-state index < -0.39 is 6.10 Å². The Morgan fingerprint density at radius 1 is 1.05 bits per heavy atom. The molecule has 1 aliphatic rings. The fourth-order valence-corrected chi connectivity index (χ4v) is 4.72. The summed E-state index contributed by atoms with van der Waals surface area (Å²) < 4.78 is 14.0. The number of aromatic nitrogens is 3. The molecule has 10 heteroatoms. The molecule has 0 saturated heterocycles. The molecule has 1 amide bonds. The number of nitrogens with one attached hydrogen (secondary N) is 2. The minimum Gasteiger partial charge on any atom is -0.485 e. The summed E-state index contributed by atoms with van der Waals surface area (Å²) >= 11 is 9.96. The fraction of sp³-hybridized carbons (Fsp3) is 0.107. The van der Waals surface area contributed by atoms with Crippen LogP contribution in [-0.2, 0) is 11.3 Å². The van der Waals surface area contributed by atoms with E-state index in [0.29, 0.717) is 34.4 Å². The number of rotatable bonds is 6. The van der Waals surface area contributed by atoms with Gasteiger partial charge in [-0.15, -0.1) is 0 Å². The van der Waals surface area contributed by atoms with E-state index in [0.717, 1.165) is 27.1 Å². The maximum absolute atomic E-state index is 12.7. The van der Waals surface area contributed by atoms with Gasteiger partial charge in [0, 0.05) is 28.9 Å². The van der Waals surface area contributed by atoms with Crippen LogP contribution >= 0.6 is 27.5 Å². The molecule has 3 aromatic carbocycles. The van der Waals surface area contributed by atoms with Crippen LogP contribution in [0.15, 0.2) is 89.5 Å². The van der Waals surface area contributed by atoms with Crippen molar-refractivity contribution >= 4 is 50.6 Å². The number of hydrogen-bond acceptors (Lipinski definition) is 6. The Balaban J connectivity index is 1.15. The van der Waals surface area contributed by atoms with Crippen LogP contribution in [0.25, 0.3) is 16.9 Å². The quantitative estimate of drug-likeness (QED) is 0.245. The number of anilines is 2. The van der Waals surface area contributed by atoms with Gasteiger partial charge in [0.1, 0.15) is 12.4 Å². The molecule has 0 aliphatic carbocycles. The molecule has 6 rings (SSSR count). The molecule has 3 heterocycles. The van der Waals surface area contributed by atoms with Gasteiger partial charge in [-0.3, -0.25) is 4.79 Å². The molecule has 0 bridgehead atoms. The van der Waals surface area contributed by atoms with E-state index in [1.807, 2.05) is 72.8 Å². The average molecular weight is 591 g/mol. The Morgan fingerprint density at radius 3 is 2.63 bits per heavy atom. The van der Waals surface area contributed by atoms with Crippen LogP contribution in [0.4, 0.5) is 11.5 Å². The van der Waals surface area contributed by atoms with E-state index >= 15 is 0 Å². The zero-order chi connectivity index (χ0) is 26.1. The Bertz CT molecular complexity index is 1640. The molecular weight excluding hydrogens is 570 g/mol. The first-order valence-electron chi connectivity index (χ1n) is 11.9. The number of halogens is 2. The molecular formula is C28H21BrClN5O3. The number of nitrogens with zero attached hydrogens (tertiary/aromatic N) is 3. The maximum atomic E-state index is 12.7. The number of carbonyl (C=O) groups excluding carboxylic acids is 1. The lowest BCUT2D eigenvalue weighted by Gasteiger charge is -2.25. The molecule has 5 aromatic rings. The Kier molecular flexibility index (Phi) is 6.61. The summed E-state index contributed by atoms with van der Waals surface area (Å²) in [5.41, 5.74) is 3.94. The van der Waals surface area contributed by atoms with Crippen molar-refractivity contribution < 1.29 is 14.3 Å². The van der Waals surface area contributed by atoms with Crippen molar-refractivity contribution in [3.63, 3.8) is 0 Å². The first kappa shape index (κ1) is 24.3. The maximum Gasteiger partial charge on any atom is 0.269 e. The van der Waals surface area contributed by atoms with Gasteiger partial charge in [-0.25, -0.2) is 4.98 Å². The van der Waals surface area contributed by atoms with Crippen molar-refractivity contribution in [1.29, 1.82) is 0 Å². The molecule has 190 valence electrons. The monoisotopic (exact) mass is 589 g/mol. The molecule has 1 atom stereocenters. The topological polar surface area (TPSA) is 89.8 Å². The zero-order valence-corrected chi connectivity index (χ0v) is 22.2. The van der Waals surface area contributed by atoms with Gasteiger partial charge in [0.25, 0.3) is 5.91 Å². The number of ether oxygens (including phenoxy) is 2. The Morgan fingerprint density at radius 2 is 1.82 bits per heavy atom. The van der Waals surface area contributed by atoms with Crippen LogP contribution in [-0.4, -0.2) is 33.2 Å². The second-order valence-electron chi connectivity index (χ2n) is 8.64. The zero-order valence-electron chi connectivity index (χ0n) is 19.9. The third kappa shape index (κ3) is 4.90. The number of hydrogen-bond donors (Lipinski definition) is 2. The first-order chi connectivity index (χ1) is 18.5. The summed E-state index contributed by atoms with van der Waals surface area (Å²) in [5, 5.41) is 11.4. The predicted octanol–water partition coefficient (Wildman–Crippen LogP) is 6.20. The third-order valence-electron chi connectivity index (χ3n) is 6.07. The largest absolute Gasteiger partial charge is 0.485 e. The highest BCUT2D eigenvalue weighted by atomic mass is 79.9. The number of benzene rings is 3. The van der Waals surface area contributed by atoms with Crippen molar-refractivity contribution in [2.45, 2.75) is 12.6 Å². The van der Waals surface area contributed by atoms with Gasteiger partial charge in [-0.2, -0.15) is 9.61 Å². The Labute approximate surface area is 231 Å². The summed E-state index contributed by atoms with van der Waals surface area (Å²) in [5.74, 6) is 1.71. The highest BCUT2D eigenvalue weighted by Crippen LogP contribution is 2.32. The minimum atomic E-state index is -0.721. The Hall–Kier alpha value is -4.08. The lowest BCUT2D eigenvalue weighted by Crippen LogP contribution is -2.40. The van der Waals surface area contributed by atoms with Crippen molar-refractivity contribution in [2.24, 2.45) is 0 Å². The second-order valence-corrected chi connectivity index (χ2v) is 9.90. The molecule has 2 aromatic heterocycles. The van der Waals surface area contributed by atoms with Gasteiger partial charge < -0.3 is 20.1 Å². The van der Waals surface area contributed by atoms with Crippen molar-refractivity contribution in [3.05, 3.63) is 100 Å². The van der Waals surface area contributed by atoms with Gasteiger partial charge in [-0.05, 0) is 51.8 Å². The van der Waals surface area contributed by atoms with Crippen LogP contribution in [0.5, 0.6) is 11.5 Å². The normalized spacial score (nSPS) is 14.3. The smallest absolute Gasteiger partial charge is 0.269 e. The second kappa shape index (κ2) is 10.4. The molecule has 0 radical (unpaired) electrons. The van der Waals surface area contributed by atoms with E-state index in [-0.39, 0.29) is 12.5 Å². The predicted molar refractivity (Wildman–Crippen MR) is 150 cm³/mol. The lowest BCUT2D eigenvalue weighted by molar-refractivity contribution is -0.125. The standard InChI is InChI=1S/C28H21BrClN5O3/c29-20-15-32-35-26(13-22(34-27(20)35)19-5-1-2-6-21(19)30)31-14-17-9-11-18(12-10-17)33-28(36)25-16-37-23-7-3-4-8-24(23)38-25/h1-13,15,25,31H,14,16H2,(H,33,36). The molecule has 0 fully saturated rings. The molecule has 0 saturated carbocycles. The van der Waals surface area contributed by atoms with E-state index in [1.54, 1.807) is 16.8 Å². The van der Waals surface area contributed by atoms with Crippen LogP contribution in [0.1, 0.15) is 5.56 Å². The minimum absolute atomic E-state index is 0.158. The molecule has 38 heavy (non-hydrogen) atoms.